The van der Waals surface area contributed by atoms with Crippen molar-refractivity contribution in [1.82, 2.24) is 7.85 Å². The second kappa shape index (κ2) is 13.1. The zero-order valence-corrected chi connectivity index (χ0v) is 25.7. The smallest absolute Gasteiger partial charge is 0.271 e. The van der Waals surface area contributed by atoms with Gasteiger partial charge in [0.2, 0.25) is 11.4 Å². The molecule has 0 spiro atoms. The van der Waals surface area contributed by atoms with Crippen molar-refractivity contribution in [1.29, 1.82) is 0 Å². The van der Waals surface area contributed by atoms with Gasteiger partial charge in [0.05, 0.1) is 45.4 Å². The minimum absolute atomic E-state index is 0.0478. The lowest BCUT2D eigenvalue weighted by Gasteiger charge is -2.19. The van der Waals surface area contributed by atoms with Gasteiger partial charge in [0, 0.05) is 14.3 Å². The Hall–Kier alpha value is -1.38. The third kappa shape index (κ3) is 7.31. The van der Waals surface area contributed by atoms with Gasteiger partial charge in [0.25, 0.3) is 5.91 Å². The molecule has 34 heavy (non-hydrogen) atoms. The van der Waals surface area contributed by atoms with E-state index in [9.17, 15) is 18.4 Å². The van der Waals surface area contributed by atoms with Crippen LogP contribution in [0.4, 0.5) is 25.0 Å². The van der Waals surface area contributed by atoms with E-state index in [0.717, 1.165) is 24.0 Å². The van der Waals surface area contributed by atoms with Crippen LogP contribution in [0.3, 0.4) is 0 Å². The Balaban J connectivity index is 0.000000255. The van der Waals surface area contributed by atoms with E-state index in [2.05, 4.69) is 89.8 Å². The Morgan fingerprint density at radius 3 is 1.76 bits per heavy atom. The van der Waals surface area contributed by atoms with Crippen LogP contribution < -0.4 is 0 Å². The number of benzene rings is 2. The van der Waals surface area contributed by atoms with E-state index in [1.54, 1.807) is 20.8 Å². The molecule has 6 nitrogen and oxygen atoms in total. The second-order valence-corrected chi connectivity index (χ2v) is 10.7. The Bertz CT molecular complexity index is 1190. The monoisotopic (exact) mass is 788 g/mol. The Kier molecular flexibility index (Phi) is 11.8. The van der Waals surface area contributed by atoms with Crippen LogP contribution in [0.2, 0.25) is 0 Å². The summed E-state index contributed by atoms with van der Waals surface area (Å²) >= 11 is 15.5. The first-order chi connectivity index (χ1) is 15.7. The quantitative estimate of drug-likeness (QED) is 0.125. The van der Waals surface area contributed by atoms with Gasteiger partial charge in [0.1, 0.15) is 17.2 Å². The molecule has 0 saturated carbocycles. The zero-order valence-electron chi connectivity index (χ0n) is 17.8. The lowest BCUT2D eigenvalue weighted by molar-refractivity contribution is -0.127. The predicted molar refractivity (Wildman–Crippen MR) is 144 cm³/mol. The molecule has 1 saturated heterocycles. The highest BCUT2D eigenvalue weighted by Crippen LogP contribution is 2.32. The third-order valence-corrected chi connectivity index (χ3v) is 8.27. The number of halogens is 7. The molecule has 0 aromatic heterocycles. The number of amides is 3. The van der Waals surface area contributed by atoms with Crippen LogP contribution in [0.25, 0.3) is 9.69 Å². The van der Waals surface area contributed by atoms with Gasteiger partial charge in [-0.2, -0.15) is 3.93 Å². The van der Waals surface area contributed by atoms with Gasteiger partial charge in [-0.15, -0.1) is 0 Å². The van der Waals surface area contributed by atoms with Crippen molar-refractivity contribution in [3.05, 3.63) is 78.8 Å². The summed E-state index contributed by atoms with van der Waals surface area (Å²) in [6, 6.07) is 5.26. The minimum Gasteiger partial charge on any atom is -0.271 e. The summed E-state index contributed by atoms with van der Waals surface area (Å²) in [5.74, 6) is -1.21. The normalized spacial score (nSPS) is 13.9. The Labute approximate surface area is 238 Å². The Morgan fingerprint density at radius 2 is 1.41 bits per heavy atom. The van der Waals surface area contributed by atoms with E-state index < -0.39 is 23.2 Å². The van der Waals surface area contributed by atoms with E-state index in [4.69, 9.17) is 13.1 Å². The number of carbonyl (C=O) groups is 2. The first-order valence-corrected chi connectivity index (χ1v) is 13.1. The zero-order chi connectivity index (χ0) is 26.4. The SMILES string of the molecule is CC1(C)C(=O)N(Br)C(=O)N1Br.[C-]#[N+]c1cc(Br)c(C)cc1F.[C-]#[N+]c1cc(Br)c(CBr)cc1F. The topological polar surface area (TPSA) is 49.3 Å². The van der Waals surface area contributed by atoms with Gasteiger partial charge >= 0.3 is 6.03 Å². The lowest BCUT2D eigenvalue weighted by atomic mass is 10.1. The standard InChI is InChI=1S/C8H4Br2FN.C8H5BrFN.C5H6Br2N2O2/c1-12-8-3-6(10)5(4-9)2-7(8)11;1-5-3-7(10)8(11-2)4-6(5)9;1-5(2)3(10)8(6)4(11)9(5)7/h2-3H,4H2;3-4H,1H3;1-2H3. The number of imide groups is 1. The first kappa shape index (κ1) is 30.7. The molecule has 180 valence electrons. The summed E-state index contributed by atoms with van der Waals surface area (Å²) in [6.07, 6.45) is 0. The number of urea groups is 1. The maximum Gasteiger partial charge on any atom is 0.348 e. The van der Waals surface area contributed by atoms with Gasteiger partial charge in [-0.25, -0.2) is 27.2 Å². The molecule has 13 heteroatoms. The summed E-state index contributed by atoms with van der Waals surface area (Å²) in [5.41, 5.74) is 0.907. The molecule has 1 heterocycles. The van der Waals surface area contributed by atoms with Crippen LogP contribution in [0.5, 0.6) is 0 Å². The van der Waals surface area contributed by atoms with Crippen LogP contribution in [0, 0.1) is 31.7 Å². The lowest BCUT2D eigenvalue weighted by Crippen LogP contribution is -2.37. The molecule has 3 rings (SSSR count). The van der Waals surface area contributed by atoms with Crippen molar-refractivity contribution in [3.63, 3.8) is 0 Å². The summed E-state index contributed by atoms with van der Waals surface area (Å²) < 4.78 is 29.4. The van der Waals surface area contributed by atoms with E-state index in [0.29, 0.717) is 5.33 Å². The van der Waals surface area contributed by atoms with Crippen molar-refractivity contribution < 1.29 is 18.4 Å². The molecular weight excluding hydrogens is 778 g/mol. The number of hydrogen-bond acceptors (Lipinski definition) is 2. The van der Waals surface area contributed by atoms with Crippen LogP contribution in [-0.4, -0.2) is 25.3 Å². The van der Waals surface area contributed by atoms with Crippen LogP contribution in [-0.2, 0) is 10.1 Å². The average molecular weight is 793 g/mol. The molecule has 0 unspecified atom stereocenters. The number of alkyl halides is 1. The number of carbonyl (C=O) groups excluding carboxylic acids is 2. The molecule has 0 bridgehead atoms. The largest absolute Gasteiger partial charge is 0.348 e. The highest BCUT2D eigenvalue weighted by Gasteiger charge is 2.50. The molecule has 1 fully saturated rings. The number of rotatable bonds is 1. The minimum atomic E-state index is -0.805. The average Bonchev–Trinajstić information content (AvgIpc) is 2.93. The van der Waals surface area contributed by atoms with Crippen molar-refractivity contribution in [2.24, 2.45) is 0 Å². The molecule has 2 aromatic rings. The van der Waals surface area contributed by atoms with Crippen molar-refractivity contribution >= 4 is 103 Å². The van der Waals surface area contributed by atoms with Crippen molar-refractivity contribution in [2.75, 3.05) is 0 Å². The number of aryl methyl sites for hydroxylation is 1. The summed E-state index contributed by atoms with van der Waals surface area (Å²) in [4.78, 5) is 28.4. The fourth-order valence-corrected chi connectivity index (χ4v) is 4.97. The van der Waals surface area contributed by atoms with E-state index >= 15 is 0 Å². The van der Waals surface area contributed by atoms with E-state index in [-0.39, 0.29) is 17.3 Å². The molecule has 1 aliphatic rings. The fourth-order valence-electron chi connectivity index (χ4n) is 2.21. The van der Waals surface area contributed by atoms with Crippen LogP contribution in [0.15, 0.2) is 33.2 Å². The summed E-state index contributed by atoms with van der Waals surface area (Å²) in [6.45, 7) is 18.4. The highest BCUT2D eigenvalue weighted by atomic mass is 79.9. The maximum absolute atomic E-state index is 13.0. The number of nitrogens with zero attached hydrogens (tertiary/aromatic N) is 4. The molecule has 1 aliphatic heterocycles. The van der Waals surface area contributed by atoms with Crippen LogP contribution in [0.1, 0.15) is 25.0 Å². The van der Waals surface area contributed by atoms with Gasteiger partial charge in [0.15, 0.2) is 0 Å². The number of hydrogen-bond donors (Lipinski definition) is 0. The fraction of sp³-hybridized carbons (Fsp3) is 0.238. The Morgan fingerprint density at radius 1 is 0.941 bits per heavy atom. The molecule has 3 amide bonds. The molecule has 2 aromatic carbocycles. The first-order valence-electron chi connectivity index (χ1n) is 8.97. The highest BCUT2D eigenvalue weighted by molar-refractivity contribution is 9.11. The van der Waals surface area contributed by atoms with Gasteiger partial charge < -0.3 is 0 Å². The molecular formula is C21H15Br5F2N4O2. The van der Waals surface area contributed by atoms with Gasteiger partial charge in [-0.3, -0.25) is 4.79 Å². The summed E-state index contributed by atoms with van der Waals surface area (Å²) in [5, 5.41) is 0.572. The third-order valence-electron chi connectivity index (χ3n) is 4.26. The molecule has 0 N–H and O–H groups in total. The van der Waals surface area contributed by atoms with Gasteiger partial charge in [-0.05, 0) is 56.2 Å². The maximum atomic E-state index is 13.0. The predicted octanol–water partition coefficient (Wildman–Crippen LogP) is 9.13. The van der Waals surface area contributed by atoms with Gasteiger partial charge in [-0.1, -0.05) is 47.8 Å². The molecule has 0 radical (unpaired) electrons. The van der Waals surface area contributed by atoms with E-state index in [1.807, 2.05) is 0 Å². The van der Waals surface area contributed by atoms with Crippen molar-refractivity contribution in [2.45, 2.75) is 31.6 Å². The second-order valence-electron chi connectivity index (χ2n) is 7.01. The van der Waals surface area contributed by atoms with E-state index in [1.165, 1.54) is 28.2 Å². The molecule has 0 aliphatic carbocycles. The summed E-state index contributed by atoms with van der Waals surface area (Å²) in [7, 11) is 0. The van der Waals surface area contributed by atoms with Crippen LogP contribution >= 0.6 is 80.1 Å². The molecule has 0 atom stereocenters. The van der Waals surface area contributed by atoms with Crippen molar-refractivity contribution in [3.8, 4) is 0 Å².